The normalized spacial score (nSPS) is 6.59. The van der Waals surface area contributed by atoms with Crippen molar-refractivity contribution in [2.45, 2.75) is 48.0 Å². The fraction of sp³-hybridized carbons (Fsp3) is 0.750. The Morgan fingerprint density at radius 2 is 1.12 bits per heavy atom. The van der Waals surface area contributed by atoms with E-state index >= 15 is 0 Å². The SMILES string of the molecule is CC(C)=O.CCC.CNC(C)=O.COC(C)=O. The van der Waals surface area contributed by atoms with Gasteiger partial charge in [0.2, 0.25) is 5.91 Å². The van der Waals surface area contributed by atoms with E-state index < -0.39 is 0 Å². The Hall–Kier alpha value is -1.39. The number of amides is 1. The van der Waals surface area contributed by atoms with Gasteiger partial charge in [-0.1, -0.05) is 20.3 Å². The van der Waals surface area contributed by atoms with E-state index in [1.54, 1.807) is 7.05 Å². The van der Waals surface area contributed by atoms with Gasteiger partial charge < -0.3 is 14.8 Å². The minimum Gasteiger partial charge on any atom is -0.469 e. The molecule has 0 rings (SSSR count). The zero-order valence-corrected chi connectivity index (χ0v) is 12.3. The monoisotopic (exact) mass is 249 g/mol. The molecule has 0 fully saturated rings. The van der Waals surface area contributed by atoms with Gasteiger partial charge >= 0.3 is 5.97 Å². The lowest BCUT2D eigenvalue weighted by atomic mass is 10.6. The van der Waals surface area contributed by atoms with E-state index in [0.717, 1.165) is 0 Å². The first-order valence-corrected chi connectivity index (χ1v) is 5.39. The van der Waals surface area contributed by atoms with Crippen molar-refractivity contribution in [3.05, 3.63) is 0 Å². The van der Waals surface area contributed by atoms with Crippen LogP contribution in [0.3, 0.4) is 0 Å². The quantitative estimate of drug-likeness (QED) is 0.666. The predicted molar refractivity (Wildman–Crippen MR) is 69.8 cm³/mol. The number of carbonyl (C=O) groups excluding carboxylic acids is 3. The van der Waals surface area contributed by atoms with Gasteiger partial charge in [0.15, 0.2) is 0 Å². The first kappa shape index (κ1) is 24.7. The molecule has 0 spiro atoms. The highest BCUT2D eigenvalue weighted by atomic mass is 16.5. The molecule has 0 radical (unpaired) electrons. The van der Waals surface area contributed by atoms with Gasteiger partial charge in [-0.3, -0.25) is 9.59 Å². The van der Waals surface area contributed by atoms with Crippen LogP contribution in [-0.4, -0.2) is 31.8 Å². The number of hydrogen-bond donors (Lipinski definition) is 1. The van der Waals surface area contributed by atoms with Gasteiger partial charge in [-0.2, -0.15) is 0 Å². The summed E-state index contributed by atoms with van der Waals surface area (Å²) in [6.07, 6.45) is 1.25. The van der Waals surface area contributed by atoms with Gasteiger partial charge in [0.1, 0.15) is 5.78 Å². The standard InChI is InChI=1S/C3H7NO.C3H6O2.C3H6O.C3H8/c1-3(5)4-2;1-3(4)5-2;1-3(2)4;1-3-2/h1-2H3,(H,4,5);1-2H3;1-2H3;3H2,1-2H3. The second-order valence-electron chi connectivity index (χ2n) is 3.12. The third kappa shape index (κ3) is 341. The van der Waals surface area contributed by atoms with Crippen molar-refractivity contribution in [1.82, 2.24) is 5.32 Å². The third-order valence-electron chi connectivity index (χ3n) is 0.640. The summed E-state index contributed by atoms with van der Waals surface area (Å²) in [5.74, 6) is -0.0741. The molecule has 0 aliphatic carbocycles. The molecule has 1 N–H and O–H groups in total. The van der Waals surface area contributed by atoms with Crippen molar-refractivity contribution in [2.24, 2.45) is 0 Å². The van der Waals surface area contributed by atoms with Crippen LogP contribution in [0.1, 0.15) is 48.0 Å². The van der Waals surface area contributed by atoms with Crippen molar-refractivity contribution in [3.63, 3.8) is 0 Å². The number of nitrogens with one attached hydrogen (secondary N) is 1. The molecule has 0 saturated heterocycles. The minimum absolute atomic E-state index is 0.00463. The van der Waals surface area contributed by atoms with Crippen molar-refractivity contribution in [2.75, 3.05) is 14.2 Å². The number of methoxy groups -OCH3 is 1. The smallest absolute Gasteiger partial charge is 0.302 e. The van der Waals surface area contributed by atoms with Crippen LogP contribution < -0.4 is 5.32 Å². The molecule has 17 heavy (non-hydrogen) atoms. The minimum atomic E-state index is -0.245. The molecule has 0 heterocycles. The molecule has 0 saturated carbocycles. The molecule has 0 aliphatic rings. The van der Waals surface area contributed by atoms with Gasteiger partial charge in [-0.05, 0) is 13.8 Å². The fourth-order valence-corrected chi connectivity index (χ4v) is 0. The van der Waals surface area contributed by atoms with E-state index in [1.807, 2.05) is 0 Å². The number of ketones is 1. The van der Waals surface area contributed by atoms with Gasteiger partial charge in [0.05, 0.1) is 7.11 Å². The average Bonchev–Trinajstić information content (AvgIpc) is 2.19. The van der Waals surface area contributed by atoms with Crippen molar-refractivity contribution < 1.29 is 19.1 Å². The molecule has 0 aromatic rings. The van der Waals surface area contributed by atoms with E-state index in [4.69, 9.17) is 0 Å². The molecule has 0 atom stereocenters. The lowest BCUT2D eigenvalue weighted by Crippen LogP contribution is -2.11. The Bertz CT molecular complexity index is 173. The van der Waals surface area contributed by atoms with Crippen LogP contribution in [0.2, 0.25) is 0 Å². The summed E-state index contributed by atoms with van der Waals surface area (Å²) < 4.78 is 4.11. The molecule has 104 valence electrons. The largest absolute Gasteiger partial charge is 0.469 e. The summed E-state index contributed by atoms with van der Waals surface area (Å²) >= 11 is 0. The van der Waals surface area contributed by atoms with Crippen LogP contribution >= 0.6 is 0 Å². The highest BCUT2D eigenvalue weighted by Gasteiger charge is 1.75. The van der Waals surface area contributed by atoms with Crippen molar-refractivity contribution >= 4 is 17.7 Å². The maximum atomic E-state index is 9.70. The maximum absolute atomic E-state index is 9.70. The Kier molecular flexibility index (Phi) is 35.0. The van der Waals surface area contributed by atoms with Gasteiger partial charge in [0.25, 0.3) is 0 Å². The zero-order chi connectivity index (χ0) is 14.9. The lowest BCUT2D eigenvalue weighted by molar-refractivity contribution is -0.138. The topological polar surface area (TPSA) is 72.5 Å². The number of esters is 1. The first-order valence-electron chi connectivity index (χ1n) is 5.39. The molecule has 0 aliphatic heterocycles. The van der Waals surface area contributed by atoms with Gasteiger partial charge in [-0.15, -0.1) is 0 Å². The van der Waals surface area contributed by atoms with Gasteiger partial charge in [-0.25, -0.2) is 0 Å². The van der Waals surface area contributed by atoms with Crippen LogP contribution in [0.15, 0.2) is 0 Å². The highest BCUT2D eigenvalue weighted by molar-refractivity contribution is 5.72. The Labute approximate surface area is 105 Å². The zero-order valence-electron chi connectivity index (χ0n) is 12.3. The lowest BCUT2D eigenvalue weighted by Gasteiger charge is -1.80. The Morgan fingerprint density at radius 1 is 1.00 bits per heavy atom. The van der Waals surface area contributed by atoms with E-state index in [2.05, 4.69) is 23.9 Å². The Balaban J connectivity index is -0.0000000676. The van der Waals surface area contributed by atoms with E-state index in [9.17, 15) is 14.4 Å². The predicted octanol–water partition coefficient (Wildman–Crippen LogP) is 1.94. The summed E-state index contributed by atoms with van der Waals surface area (Å²) in [4.78, 5) is 28.7. The number of Topliss-reactive ketones (excluding diaryl/α,β-unsaturated/α-hetero) is 1. The summed E-state index contributed by atoms with van der Waals surface area (Å²) in [6.45, 7) is 10.1. The van der Waals surface area contributed by atoms with E-state index in [-0.39, 0.29) is 17.7 Å². The van der Waals surface area contributed by atoms with Gasteiger partial charge in [0, 0.05) is 20.9 Å². The number of ether oxygens (including phenoxy) is 1. The van der Waals surface area contributed by atoms with Crippen LogP contribution in [0.5, 0.6) is 0 Å². The maximum Gasteiger partial charge on any atom is 0.302 e. The second kappa shape index (κ2) is 24.0. The van der Waals surface area contributed by atoms with E-state index in [1.165, 1.54) is 41.2 Å². The summed E-state index contributed by atoms with van der Waals surface area (Å²) in [6, 6.07) is 0. The molecule has 1 amide bonds. The summed E-state index contributed by atoms with van der Waals surface area (Å²) in [5.41, 5.74) is 0. The fourth-order valence-electron chi connectivity index (χ4n) is 0. The average molecular weight is 249 g/mol. The molecule has 0 aromatic heterocycles. The van der Waals surface area contributed by atoms with Crippen molar-refractivity contribution in [3.8, 4) is 0 Å². The number of rotatable bonds is 0. The third-order valence-corrected chi connectivity index (χ3v) is 0.640. The van der Waals surface area contributed by atoms with Crippen LogP contribution in [0.4, 0.5) is 0 Å². The number of hydrogen-bond acceptors (Lipinski definition) is 4. The first-order chi connectivity index (χ1) is 7.69. The summed E-state index contributed by atoms with van der Waals surface area (Å²) in [7, 11) is 2.95. The molecule has 0 aromatic carbocycles. The van der Waals surface area contributed by atoms with Crippen LogP contribution in [-0.2, 0) is 19.1 Å². The van der Waals surface area contributed by atoms with E-state index in [0.29, 0.717) is 0 Å². The molecular weight excluding hydrogens is 222 g/mol. The molecule has 0 bridgehead atoms. The number of carbonyl (C=O) groups is 3. The molecule has 5 nitrogen and oxygen atoms in total. The molecular formula is C12H27NO4. The molecule has 0 unspecified atom stereocenters. The van der Waals surface area contributed by atoms with Crippen LogP contribution in [0.25, 0.3) is 0 Å². The van der Waals surface area contributed by atoms with Crippen LogP contribution in [0, 0.1) is 0 Å². The second-order valence-corrected chi connectivity index (χ2v) is 3.12. The van der Waals surface area contributed by atoms with Crippen molar-refractivity contribution in [1.29, 1.82) is 0 Å². The molecule has 5 heteroatoms. The summed E-state index contributed by atoms with van der Waals surface area (Å²) in [5, 5.41) is 2.39. The Morgan fingerprint density at radius 3 is 1.12 bits per heavy atom. The highest BCUT2D eigenvalue weighted by Crippen LogP contribution is 1.60.